The van der Waals surface area contributed by atoms with Crippen LogP contribution in [0.4, 0.5) is 4.39 Å². The van der Waals surface area contributed by atoms with Crippen molar-refractivity contribution in [2.45, 2.75) is 26.3 Å². The molecule has 1 atom stereocenters. The van der Waals surface area contributed by atoms with Crippen molar-refractivity contribution >= 4 is 21.9 Å². The van der Waals surface area contributed by atoms with Crippen molar-refractivity contribution in [1.29, 1.82) is 0 Å². The molecule has 0 aliphatic heterocycles. The first-order chi connectivity index (χ1) is 10.0. The van der Waals surface area contributed by atoms with Crippen molar-refractivity contribution in [3.63, 3.8) is 0 Å². The average Bonchev–Trinajstić information content (AvgIpc) is 2.85. The topological polar surface area (TPSA) is 80.9 Å². The van der Waals surface area contributed by atoms with Crippen LogP contribution in [0.15, 0.2) is 22.7 Å². The van der Waals surface area contributed by atoms with E-state index in [4.69, 9.17) is 5.11 Å². The van der Waals surface area contributed by atoms with Crippen LogP contribution >= 0.6 is 15.9 Å². The zero-order chi connectivity index (χ0) is 15.4. The Hall–Kier alpha value is -1.83. The number of aromatic nitrogens is 4. The van der Waals surface area contributed by atoms with E-state index in [9.17, 15) is 9.18 Å². The number of carboxylic acid groups (broad SMARTS) is 1. The van der Waals surface area contributed by atoms with Crippen molar-refractivity contribution in [2.24, 2.45) is 5.92 Å². The van der Waals surface area contributed by atoms with Crippen LogP contribution in [0.2, 0.25) is 0 Å². The molecule has 0 aliphatic carbocycles. The number of rotatable bonds is 6. The summed E-state index contributed by atoms with van der Waals surface area (Å²) >= 11 is 3.19. The Bertz CT molecular complexity index is 647. The third-order valence-electron chi connectivity index (χ3n) is 3.18. The van der Waals surface area contributed by atoms with Gasteiger partial charge in [-0.25, -0.2) is 9.07 Å². The van der Waals surface area contributed by atoms with Gasteiger partial charge in [0.2, 0.25) is 0 Å². The third kappa shape index (κ3) is 3.84. The van der Waals surface area contributed by atoms with Gasteiger partial charge in [-0.15, -0.1) is 5.10 Å². The molecule has 1 aromatic heterocycles. The average molecular weight is 357 g/mol. The van der Waals surface area contributed by atoms with Crippen LogP contribution in [0.3, 0.4) is 0 Å². The summed E-state index contributed by atoms with van der Waals surface area (Å²) < 4.78 is 16.1. The normalized spacial score (nSPS) is 12.3. The maximum Gasteiger partial charge on any atom is 0.303 e. The molecule has 0 saturated carbocycles. The molecule has 0 bridgehead atoms. The predicted octanol–water partition coefficient (Wildman–Crippen LogP) is 2.74. The van der Waals surface area contributed by atoms with E-state index in [0.717, 1.165) is 0 Å². The summed E-state index contributed by atoms with van der Waals surface area (Å²) in [7, 11) is 0. The van der Waals surface area contributed by atoms with Gasteiger partial charge in [0.15, 0.2) is 5.82 Å². The quantitative estimate of drug-likeness (QED) is 0.860. The zero-order valence-corrected chi connectivity index (χ0v) is 12.9. The van der Waals surface area contributed by atoms with Crippen molar-refractivity contribution in [1.82, 2.24) is 20.2 Å². The Balaban J connectivity index is 2.27. The molecule has 0 amide bonds. The summed E-state index contributed by atoms with van der Waals surface area (Å²) in [5, 5.41) is 20.1. The maximum absolute atomic E-state index is 14.0. The van der Waals surface area contributed by atoms with E-state index >= 15 is 0 Å². The predicted molar refractivity (Wildman–Crippen MR) is 76.9 cm³/mol. The molecule has 1 N–H and O–H groups in total. The SMILES string of the molecule is CCC(CC(=O)O)Cn1nnnc1-c1ccc(Br)cc1F. The van der Waals surface area contributed by atoms with Gasteiger partial charge >= 0.3 is 5.97 Å². The number of tetrazole rings is 1. The number of carbonyl (C=O) groups is 1. The number of hydrogen-bond acceptors (Lipinski definition) is 4. The van der Waals surface area contributed by atoms with E-state index in [1.54, 1.807) is 12.1 Å². The fourth-order valence-electron chi connectivity index (χ4n) is 2.02. The van der Waals surface area contributed by atoms with Gasteiger partial charge in [0.1, 0.15) is 5.82 Å². The van der Waals surface area contributed by atoms with E-state index in [2.05, 4.69) is 31.5 Å². The van der Waals surface area contributed by atoms with Crippen molar-refractivity contribution < 1.29 is 14.3 Å². The van der Waals surface area contributed by atoms with E-state index in [1.807, 2.05) is 6.92 Å². The Labute approximate surface area is 129 Å². The highest BCUT2D eigenvalue weighted by molar-refractivity contribution is 9.10. The molecule has 0 saturated heterocycles. The fourth-order valence-corrected chi connectivity index (χ4v) is 2.35. The molecule has 1 aromatic carbocycles. The van der Waals surface area contributed by atoms with Gasteiger partial charge in [-0.05, 0) is 34.5 Å². The number of nitrogens with zero attached hydrogens (tertiary/aromatic N) is 4. The number of benzene rings is 1. The first-order valence-electron chi connectivity index (χ1n) is 6.44. The number of halogens is 2. The zero-order valence-electron chi connectivity index (χ0n) is 11.3. The molecular weight excluding hydrogens is 343 g/mol. The van der Waals surface area contributed by atoms with Gasteiger partial charge in [0, 0.05) is 17.4 Å². The Morgan fingerprint density at radius 2 is 2.29 bits per heavy atom. The Morgan fingerprint density at radius 3 is 2.90 bits per heavy atom. The van der Waals surface area contributed by atoms with E-state index in [0.29, 0.717) is 23.3 Å². The van der Waals surface area contributed by atoms with Crippen LogP contribution in [0.5, 0.6) is 0 Å². The van der Waals surface area contributed by atoms with E-state index in [-0.39, 0.29) is 17.9 Å². The maximum atomic E-state index is 14.0. The third-order valence-corrected chi connectivity index (χ3v) is 3.67. The number of hydrogen-bond donors (Lipinski definition) is 1. The molecule has 8 heteroatoms. The summed E-state index contributed by atoms with van der Waals surface area (Å²) in [6.07, 6.45) is 0.701. The molecule has 2 rings (SSSR count). The first kappa shape index (κ1) is 15.6. The highest BCUT2D eigenvalue weighted by atomic mass is 79.9. The minimum absolute atomic E-state index is 0.0264. The van der Waals surface area contributed by atoms with Gasteiger partial charge in [-0.2, -0.15) is 0 Å². The van der Waals surface area contributed by atoms with E-state index < -0.39 is 11.8 Å². The summed E-state index contributed by atoms with van der Waals surface area (Å²) in [4.78, 5) is 10.8. The van der Waals surface area contributed by atoms with E-state index in [1.165, 1.54) is 10.7 Å². The molecular formula is C13H14BrFN4O2. The summed E-state index contributed by atoms with van der Waals surface area (Å²) in [6, 6.07) is 4.62. The van der Waals surface area contributed by atoms with Crippen LogP contribution in [-0.2, 0) is 11.3 Å². The molecule has 0 aliphatic rings. The van der Waals surface area contributed by atoms with Gasteiger partial charge in [0.25, 0.3) is 0 Å². The van der Waals surface area contributed by atoms with Gasteiger partial charge in [-0.3, -0.25) is 4.79 Å². The monoisotopic (exact) mass is 356 g/mol. The molecule has 2 aromatic rings. The Kier molecular flexibility index (Phi) is 5.00. The van der Waals surface area contributed by atoms with Gasteiger partial charge in [-0.1, -0.05) is 29.3 Å². The molecule has 21 heavy (non-hydrogen) atoms. The second kappa shape index (κ2) is 6.75. The van der Waals surface area contributed by atoms with Crippen LogP contribution in [0.25, 0.3) is 11.4 Å². The lowest BCUT2D eigenvalue weighted by atomic mass is 10.0. The smallest absolute Gasteiger partial charge is 0.303 e. The van der Waals surface area contributed by atoms with Crippen molar-refractivity contribution in [2.75, 3.05) is 0 Å². The van der Waals surface area contributed by atoms with Crippen molar-refractivity contribution in [3.8, 4) is 11.4 Å². The Morgan fingerprint density at radius 1 is 1.52 bits per heavy atom. The molecule has 6 nitrogen and oxygen atoms in total. The summed E-state index contributed by atoms with van der Waals surface area (Å²) in [5.41, 5.74) is 0.286. The van der Waals surface area contributed by atoms with Crippen LogP contribution in [-0.4, -0.2) is 31.3 Å². The molecule has 1 heterocycles. The van der Waals surface area contributed by atoms with Crippen LogP contribution < -0.4 is 0 Å². The highest BCUT2D eigenvalue weighted by Gasteiger charge is 2.18. The lowest BCUT2D eigenvalue weighted by Crippen LogP contribution is -2.16. The minimum atomic E-state index is -0.869. The number of carboxylic acids is 1. The molecule has 1 unspecified atom stereocenters. The minimum Gasteiger partial charge on any atom is -0.481 e. The largest absolute Gasteiger partial charge is 0.481 e. The van der Waals surface area contributed by atoms with Crippen molar-refractivity contribution in [3.05, 3.63) is 28.5 Å². The highest BCUT2D eigenvalue weighted by Crippen LogP contribution is 2.24. The first-order valence-corrected chi connectivity index (χ1v) is 7.24. The fraction of sp³-hybridized carbons (Fsp3) is 0.385. The van der Waals surface area contributed by atoms with Gasteiger partial charge in [0.05, 0.1) is 5.56 Å². The summed E-state index contributed by atoms with van der Waals surface area (Å²) in [5.74, 6) is -1.12. The summed E-state index contributed by atoms with van der Waals surface area (Å²) in [6.45, 7) is 2.23. The second-order valence-electron chi connectivity index (χ2n) is 4.68. The number of aliphatic carboxylic acids is 1. The lowest BCUT2D eigenvalue weighted by Gasteiger charge is -2.13. The van der Waals surface area contributed by atoms with Crippen LogP contribution in [0.1, 0.15) is 19.8 Å². The van der Waals surface area contributed by atoms with Crippen LogP contribution in [0, 0.1) is 11.7 Å². The standard InChI is InChI=1S/C13H14BrFN4O2/c1-2-8(5-12(20)21)7-19-13(16-17-18-19)10-4-3-9(14)6-11(10)15/h3-4,6,8H,2,5,7H2,1H3,(H,20,21). The second-order valence-corrected chi connectivity index (χ2v) is 5.60. The molecule has 0 fully saturated rings. The van der Waals surface area contributed by atoms with Gasteiger partial charge < -0.3 is 5.11 Å². The molecule has 0 radical (unpaired) electrons. The lowest BCUT2D eigenvalue weighted by molar-refractivity contribution is -0.138. The molecule has 112 valence electrons. The molecule has 0 spiro atoms.